The first-order valence-corrected chi connectivity index (χ1v) is 10.4. The van der Waals surface area contributed by atoms with Crippen LogP contribution >= 0.6 is 0 Å². The molecule has 1 spiro atoms. The van der Waals surface area contributed by atoms with Gasteiger partial charge in [-0.2, -0.15) is 5.10 Å². The third-order valence-corrected chi connectivity index (χ3v) is 6.79. The van der Waals surface area contributed by atoms with Crippen molar-refractivity contribution in [2.75, 3.05) is 0 Å². The number of hydrogen-bond donors (Lipinski definition) is 2. The fraction of sp³-hybridized carbons (Fsp3) is 0.280. The Kier molecular flexibility index (Phi) is 4.55. The number of hydrogen-bond acceptors (Lipinski definition) is 3. The molecule has 1 aromatic heterocycles. The van der Waals surface area contributed by atoms with Crippen molar-refractivity contribution in [3.05, 3.63) is 88.8 Å². The number of fused-ring (bicyclic) bond motifs is 1. The van der Waals surface area contributed by atoms with Gasteiger partial charge in [0.25, 0.3) is 0 Å². The van der Waals surface area contributed by atoms with Gasteiger partial charge in [-0.1, -0.05) is 42.0 Å². The Balaban J connectivity index is 0.000000151. The van der Waals surface area contributed by atoms with Crippen molar-refractivity contribution in [3.8, 4) is 5.69 Å². The smallest absolute Gasteiger partial charge is 0.249 e. The molecule has 1 amide bonds. The molecule has 152 valence electrons. The fourth-order valence-electron chi connectivity index (χ4n) is 5.14. The van der Waals surface area contributed by atoms with E-state index >= 15 is 0 Å². The van der Waals surface area contributed by atoms with E-state index in [2.05, 4.69) is 52.4 Å². The summed E-state index contributed by atoms with van der Waals surface area (Å²) in [6, 6.07) is 17.2. The van der Waals surface area contributed by atoms with Gasteiger partial charge in [-0.15, -0.1) is 0 Å². The van der Waals surface area contributed by atoms with E-state index in [0.29, 0.717) is 16.5 Å². The molecule has 6 rings (SSSR count). The Hall–Kier alpha value is -3.18. The molecule has 3 aliphatic rings. The van der Waals surface area contributed by atoms with E-state index in [1.54, 1.807) is 29.8 Å². The lowest BCUT2D eigenvalue weighted by molar-refractivity contribution is 0.0997. The lowest BCUT2D eigenvalue weighted by Gasteiger charge is -2.21. The highest BCUT2D eigenvalue weighted by molar-refractivity contribution is 5.94. The maximum Gasteiger partial charge on any atom is 0.249 e. The number of aliphatic hydroxyl groups is 1. The van der Waals surface area contributed by atoms with Gasteiger partial charge in [0, 0.05) is 5.56 Å². The van der Waals surface area contributed by atoms with Gasteiger partial charge < -0.3 is 10.8 Å². The van der Waals surface area contributed by atoms with Crippen molar-refractivity contribution >= 4 is 12.0 Å². The molecule has 1 heterocycles. The number of amides is 1. The van der Waals surface area contributed by atoms with Gasteiger partial charge in [0.1, 0.15) is 0 Å². The molecular weight excluding hydrogens is 374 g/mol. The predicted molar refractivity (Wildman–Crippen MR) is 116 cm³/mol. The van der Waals surface area contributed by atoms with Crippen LogP contribution in [0, 0.1) is 11.3 Å². The standard InChI is InChI=1S/C17H16N2.C8H9NO2/c1-2-4-15(5-3-1)19-16-8-13-6-7-14-10-17(13,14)9-12(16)11-18-19;9-8(11)7-4-2-1-3-6(7)5-10/h1-5,8,11,14H,6-7,9-10H2;1-4,10H,5H2,(H2,9,11). The number of allylic oxidation sites excluding steroid dienone is 1. The van der Waals surface area contributed by atoms with Crippen LogP contribution in [0.5, 0.6) is 0 Å². The number of aliphatic hydroxyl groups excluding tert-OH is 1. The Labute approximate surface area is 175 Å². The van der Waals surface area contributed by atoms with Crippen molar-refractivity contribution in [1.82, 2.24) is 9.78 Å². The number of nitrogens with two attached hydrogens (primary N) is 1. The normalized spacial score (nSPS) is 22.7. The van der Waals surface area contributed by atoms with Crippen molar-refractivity contribution in [2.24, 2.45) is 17.1 Å². The number of nitrogens with zero attached hydrogens (tertiary/aromatic N) is 2. The molecule has 30 heavy (non-hydrogen) atoms. The Bertz CT molecular complexity index is 1130. The van der Waals surface area contributed by atoms with Crippen LogP contribution in [0.1, 0.15) is 46.4 Å². The monoisotopic (exact) mass is 399 g/mol. The predicted octanol–water partition coefficient (Wildman–Crippen LogP) is 3.89. The van der Waals surface area contributed by atoms with E-state index in [1.165, 1.54) is 42.6 Å². The summed E-state index contributed by atoms with van der Waals surface area (Å²) >= 11 is 0. The number of carbonyl (C=O) groups is 1. The zero-order valence-corrected chi connectivity index (χ0v) is 16.8. The number of para-hydroxylation sites is 1. The minimum atomic E-state index is -0.505. The summed E-state index contributed by atoms with van der Waals surface area (Å²) in [6.45, 7) is -0.154. The average Bonchev–Trinajstić information content (AvgIpc) is 3.13. The van der Waals surface area contributed by atoms with Gasteiger partial charge >= 0.3 is 0 Å². The van der Waals surface area contributed by atoms with E-state index in [-0.39, 0.29) is 6.61 Å². The minimum Gasteiger partial charge on any atom is -0.392 e. The van der Waals surface area contributed by atoms with Crippen LogP contribution in [0.25, 0.3) is 11.8 Å². The molecule has 2 aromatic carbocycles. The fourth-order valence-corrected chi connectivity index (χ4v) is 5.14. The molecule has 0 bridgehead atoms. The second kappa shape index (κ2) is 7.26. The largest absolute Gasteiger partial charge is 0.392 e. The number of carbonyl (C=O) groups excluding carboxylic acids is 1. The van der Waals surface area contributed by atoms with Gasteiger partial charge in [-0.3, -0.25) is 4.79 Å². The van der Waals surface area contributed by atoms with Gasteiger partial charge in [0.05, 0.1) is 24.2 Å². The summed E-state index contributed by atoms with van der Waals surface area (Å²) in [4.78, 5) is 10.7. The molecule has 0 saturated heterocycles. The highest BCUT2D eigenvalue weighted by Crippen LogP contribution is 2.69. The van der Waals surface area contributed by atoms with Gasteiger partial charge in [-0.05, 0) is 72.4 Å². The molecule has 3 N–H and O–H groups in total. The lowest BCUT2D eigenvalue weighted by atomic mass is 9.84. The number of benzene rings is 2. The Morgan fingerprint density at radius 1 is 1.17 bits per heavy atom. The van der Waals surface area contributed by atoms with Crippen LogP contribution in [0.4, 0.5) is 0 Å². The van der Waals surface area contributed by atoms with E-state index in [0.717, 1.165) is 5.92 Å². The Morgan fingerprint density at radius 2 is 1.93 bits per heavy atom. The van der Waals surface area contributed by atoms with Crippen molar-refractivity contribution in [3.63, 3.8) is 0 Å². The highest BCUT2D eigenvalue weighted by atomic mass is 16.3. The molecule has 2 unspecified atom stereocenters. The zero-order chi connectivity index (χ0) is 20.7. The average molecular weight is 399 g/mol. The Morgan fingerprint density at radius 3 is 2.63 bits per heavy atom. The highest BCUT2D eigenvalue weighted by Gasteiger charge is 2.60. The van der Waals surface area contributed by atoms with Crippen molar-refractivity contribution < 1.29 is 9.90 Å². The first-order chi connectivity index (χ1) is 14.6. The zero-order valence-electron chi connectivity index (χ0n) is 16.8. The summed E-state index contributed by atoms with van der Waals surface area (Å²) < 4.78 is 2.10. The third-order valence-electron chi connectivity index (χ3n) is 6.79. The third kappa shape index (κ3) is 3.06. The molecule has 0 radical (unpaired) electrons. The van der Waals surface area contributed by atoms with Crippen LogP contribution < -0.4 is 5.73 Å². The molecule has 3 aromatic rings. The van der Waals surface area contributed by atoms with Crippen LogP contribution in [-0.2, 0) is 13.0 Å². The molecule has 2 atom stereocenters. The SMILES string of the molecule is C1=C2CCC3CC23Cc2cnn(-c3ccccc3)c21.NC(=O)c1ccccc1CO. The molecule has 0 aliphatic heterocycles. The second-order valence-corrected chi connectivity index (χ2v) is 8.42. The number of aromatic nitrogens is 2. The summed E-state index contributed by atoms with van der Waals surface area (Å²) in [5.41, 5.74) is 12.2. The van der Waals surface area contributed by atoms with Gasteiger partial charge in [0.15, 0.2) is 0 Å². The second-order valence-electron chi connectivity index (χ2n) is 8.42. The van der Waals surface area contributed by atoms with Crippen LogP contribution in [0.3, 0.4) is 0 Å². The number of primary amides is 1. The van der Waals surface area contributed by atoms with Crippen molar-refractivity contribution in [1.29, 1.82) is 0 Å². The van der Waals surface area contributed by atoms with E-state index in [4.69, 9.17) is 10.8 Å². The topological polar surface area (TPSA) is 81.1 Å². The maximum atomic E-state index is 10.7. The van der Waals surface area contributed by atoms with E-state index < -0.39 is 5.91 Å². The lowest BCUT2D eigenvalue weighted by Crippen LogP contribution is -2.13. The summed E-state index contributed by atoms with van der Waals surface area (Å²) in [6.07, 6.45) is 9.89. The summed E-state index contributed by atoms with van der Waals surface area (Å²) in [5, 5.41) is 13.4. The van der Waals surface area contributed by atoms with E-state index in [1.807, 2.05) is 0 Å². The van der Waals surface area contributed by atoms with Crippen LogP contribution in [0.2, 0.25) is 0 Å². The molecule has 2 fully saturated rings. The quantitative estimate of drug-likeness (QED) is 0.701. The van der Waals surface area contributed by atoms with Crippen molar-refractivity contribution in [2.45, 2.75) is 32.3 Å². The first kappa shape index (κ1) is 18.8. The van der Waals surface area contributed by atoms with Crippen LogP contribution in [-0.4, -0.2) is 20.8 Å². The van der Waals surface area contributed by atoms with Gasteiger partial charge in [0.2, 0.25) is 5.91 Å². The maximum absolute atomic E-state index is 10.7. The molecule has 3 aliphatic carbocycles. The first-order valence-electron chi connectivity index (χ1n) is 10.4. The van der Waals surface area contributed by atoms with E-state index in [9.17, 15) is 4.79 Å². The molecule has 5 nitrogen and oxygen atoms in total. The molecule has 5 heteroatoms. The van der Waals surface area contributed by atoms with Gasteiger partial charge in [-0.25, -0.2) is 4.68 Å². The number of rotatable bonds is 3. The minimum absolute atomic E-state index is 0.154. The molecular formula is C25H25N3O2. The summed E-state index contributed by atoms with van der Waals surface area (Å²) in [7, 11) is 0. The summed E-state index contributed by atoms with van der Waals surface area (Å²) in [5.74, 6) is 0.474. The molecule has 2 saturated carbocycles. The van der Waals surface area contributed by atoms with Crippen LogP contribution in [0.15, 0.2) is 66.4 Å².